The summed E-state index contributed by atoms with van der Waals surface area (Å²) in [5.41, 5.74) is -0.476. The molecule has 2 fully saturated rings. The lowest BCUT2D eigenvalue weighted by Crippen LogP contribution is -2.41. The topological polar surface area (TPSA) is 51.9 Å². The van der Waals surface area contributed by atoms with Gasteiger partial charge in [-0.2, -0.15) is 13.2 Å². The van der Waals surface area contributed by atoms with Gasteiger partial charge in [0.2, 0.25) is 0 Å². The first-order chi connectivity index (χ1) is 13.4. The summed E-state index contributed by atoms with van der Waals surface area (Å²) in [5, 5.41) is 0. The van der Waals surface area contributed by atoms with Gasteiger partial charge in [-0.15, -0.1) is 0 Å². The minimum Gasteiger partial charge on any atom is -0.451 e. The van der Waals surface area contributed by atoms with Crippen molar-refractivity contribution in [3.8, 4) is 11.3 Å². The van der Waals surface area contributed by atoms with Crippen molar-refractivity contribution >= 4 is 5.91 Å². The van der Waals surface area contributed by atoms with E-state index in [2.05, 4.69) is 0 Å². The summed E-state index contributed by atoms with van der Waals surface area (Å²) in [5.74, 6) is 0.366. The highest BCUT2D eigenvalue weighted by molar-refractivity contribution is 5.92. The molecule has 0 spiro atoms. The monoisotopic (exact) mass is 395 g/mol. The maximum absolute atomic E-state index is 12.9. The first-order valence-corrected chi connectivity index (χ1v) is 9.22. The number of nitrogens with zero attached hydrogens (tertiary/aromatic N) is 1. The Labute approximate surface area is 160 Å². The van der Waals surface area contributed by atoms with Crippen LogP contribution in [0.2, 0.25) is 0 Å². The van der Waals surface area contributed by atoms with Gasteiger partial charge in [-0.25, -0.2) is 0 Å². The van der Waals surface area contributed by atoms with Crippen LogP contribution in [-0.4, -0.2) is 43.4 Å². The fourth-order valence-electron chi connectivity index (χ4n) is 3.64. The van der Waals surface area contributed by atoms with Crippen molar-refractivity contribution in [2.75, 3.05) is 26.3 Å². The van der Waals surface area contributed by atoms with Gasteiger partial charge in [0, 0.05) is 24.6 Å². The van der Waals surface area contributed by atoms with Crippen LogP contribution in [0.15, 0.2) is 40.8 Å². The number of benzene rings is 1. The maximum atomic E-state index is 12.9. The van der Waals surface area contributed by atoms with Gasteiger partial charge in [0.25, 0.3) is 5.91 Å². The number of rotatable bonds is 3. The standard InChI is InChI=1S/C20H20F3NO4/c21-20(22,23)15-3-1-2-14(12-15)16-4-5-17(28-16)18(25)24-8-6-13(7-9-24)19-26-10-11-27-19/h1-5,12-13,19H,6-11H2. The van der Waals surface area contributed by atoms with Gasteiger partial charge in [0.05, 0.1) is 18.8 Å². The Balaban J connectivity index is 1.42. The summed E-state index contributed by atoms with van der Waals surface area (Å²) in [7, 11) is 0. The van der Waals surface area contributed by atoms with E-state index >= 15 is 0 Å². The lowest BCUT2D eigenvalue weighted by molar-refractivity contribution is -0.137. The number of carbonyl (C=O) groups excluding carboxylic acids is 1. The van der Waals surface area contributed by atoms with Crippen molar-refractivity contribution in [3.05, 3.63) is 47.7 Å². The summed E-state index contributed by atoms with van der Waals surface area (Å²) < 4.78 is 55.3. The normalized spacial score (nSPS) is 19.3. The van der Waals surface area contributed by atoms with E-state index < -0.39 is 11.7 Å². The van der Waals surface area contributed by atoms with E-state index in [-0.39, 0.29) is 35.2 Å². The predicted octanol–water partition coefficient (Wildman–Crippen LogP) is 4.19. The molecule has 2 saturated heterocycles. The average Bonchev–Trinajstić information content (AvgIpc) is 3.39. The van der Waals surface area contributed by atoms with Gasteiger partial charge in [0.15, 0.2) is 12.1 Å². The fraction of sp³-hybridized carbons (Fsp3) is 0.450. The van der Waals surface area contributed by atoms with Crippen molar-refractivity contribution in [2.45, 2.75) is 25.3 Å². The number of furan rings is 1. The number of amides is 1. The fourth-order valence-corrected chi connectivity index (χ4v) is 3.64. The van der Waals surface area contributed by atoms with E-state index in [1.165, 1.54) is 24.3 Å². The third kappa shape index (κ3) is 3.93. The quantitative estimate of drug-likeness (QED) is 0.782. The number of carbonyl (C=O) groups is 1. The molecule has 1 aromatic carbocycles. The van der Waals surface area contributed by atoms with Crippen molar-refractivity contribution in [1.29, 1.82) is 0 Å². The zero-order chi connectivity index (χ0) is 19.7. The summed E-state index contributed by atoms with van der Waals surface area (Å²) in [6, 6.07) is 7.89. The average molecular weight is 395 g/mol. The molecule has 0 aliphatic carbocycles. The summed E-state index contributed by atoms with van der Waals surface area (Å²) in [6.45, 7) is 2.33. The number of likely N-dealkylation sites (tertiary alicyclic amines) is 1. The van der Waals surface area contributed by atoms with Crippen LogP contribution in [0.3, 0.4) is 0 Å². The Morgan fingerprint density at radius 1 is 1.04 bits per heavy atom. The molecule has 2 aliphatic heterocycles. The van der Waals surface area contributed by atoms with Gasteiger partial charge >= 0.3 is 6.18 Å². The first kappa shape index (κ1) is 19.0. The van der Waals surface area contributed by atoms with E-state index in [0.29, 0.717) is 26.3 Å². The predicted molar refractivity (Wildman–Crippen MR) is 93.5 cm³/mol. The Morgan fingerprint density at radius 3 is 2.43 bits per heavy atom. The van der Waals surface area contributed by atoms with E-state index in [4.69, 9.17) is 13.9 Å². The largest absolute Gasteiger partial charge is 0.451 e. The van der Waals surface area contributed by atoms with Crippen LogP contribution in [0.1, 0.15) is 29.0 Å². The number of halogens is 3. The lowest BCUT2D eigenvalue weighted by atomic mass is 9.96. The SMILES string of the molecule is O=C(c1ccc(-c2cccc(C(F)(F)F)c2)o1)N1CCC(C2OCCO2)CC1. The molecule has 0 N–H and O–H groups in total. The van der Waals surface area contributed by atoms with E-state index in [1.807, 2.05) is 0 Å². The number of hydrogen-bond donors (Lipinski definition) is 0. The van der Waals surface area contributed by atoms with Crippen LogP contribution in [0.5, 0.6) is 0 Å². The minimum absolute atomic E-state index is 0.124. The van der Waals surface area contributed by atoms with Crippen molar-refractivity contribution in [3.63, 3.8) is 0 Å². The smallest absolute Gasteiger partial charge is 0.416 e. The second-order valence-corrected chi connectivity index (χ2v) is 6.98. The number of ether oxygens (including phenoxy) is 2. The summed E-state index contributed by atoms with van der Waals surface area (Å²) in [6.07, 6.45) is -3.07. The molecule has 0 atom stereocenters. The highest BCUT2D eigenvalue weighted by Gasteiger charge is 2.33. The van der Waals surface area contributed by atoms with Gasteiger partial charge in [-0.05, 0) is 37.1 Å². The van der Waals surface area contributed by atoms with Crippen LogP contribution in [0, 0.1) is 5.92 Å². The minimum atomic E-state index is -4.43. The molecular formula is C20H20F3NO4. The van der Waals surface area contributed by atoms with Gasteiger partial charge in [-0.3, -0.25) is 4.79 Å². The lowest BCUT2D eigenvalue weighted by Gasteiger charge is -2.33. The van der Waals surface area contributed by atoms with Crippen molar-refractivity contribution in [2.24, 2.45) is 5.92 Å². The summed E-state index contributed by atoms with van der Waals surface area (Å²) >= 11 is 0. The molecule has 28 heavy (non-hydrogen) atoms. The second-order valence-electron chi connectivity index (χ2n) is 6.98. The molecule has 2 aliphatic rings. The highest BCUT2D eigenvalue weighted by atomic mass is 19.4. The number of alkyl halides is 3. The second kappa shape index (κ2) is 7.60. The third-order valence-corrected chi connectivity index (χ3v) is 5.15. The molecule has 150 valence electrons. The van der Waals surface area contributed by atoms with Gasteiger partial charge in [0.1, 0.15) is 5.76 Å². The molecule has 2 aromatic rings. The Hall–Kier alpha value is -2.32. The van der Waals surface area contributed by atoms with Crippen LogP contribution >= 0.6 is 0 Å². The molecule has 5 nitrogen and oxygen atoms in total. The third-order valence-electron chi connectivity index (χ3n) is 5.15. The maximum Gasteiger partial charge on any atom is 0.416 e. The molecule has 0 bridgehead atoms. The molecule has 4 rings (SSSR count). The Bertz CT molecular complexity index is 834. The van der Waals surface area contributed by atoms with Gasteiger partial charge in [-0.1, -0.05) is 12.1 Å². The Kier molecular flexibility index (Phi) is 5.16. The van der Waals surface area contributed by atoms with Crippen LogP contribution in [-0.2, 0) is 15.7 Å². The Morgan fingerprint density at radius 2 is 1.75 bits per heavy atom. The summed E-state index contributed by atoms with van der Waals surface area (Å²) in [4.78, 5) is 14.4. The van der Waals surface area contributed by atoms with Crippen LogP contribution in [0.25, 0.3) is 11.3 Å². The molecule has 0 radical (unpaired) electrons. The molecule has 0 unspecified atom stereocenters. The van der Waals surface area contributed by atoms with Crippen LogP contribution in [0.4, 0.5) is 13.2 Å². The van der Waals surface area contributed by atoms with E-state index in [9.17, 15) is 18.0 Å². The van der Waals surface area contributed by atoms with E-state index in [0.717, 1.165) is 25.0 Å². The molecule has 8 heteroatoms. The molecule has 3 heterocycles. The van der Waals surface area contributed by atoms with Crippen molar-refractivity contribution < 1.29 is 31.9 Å². The zero-order valence-corrected chi connectivity index (χ0v) is 15.1. The van der Waals surface area contributed by atoms with E-state index in [1.54, 1.807) is 4.90 Å². The highest BCUT2D eigenvalue weighted by Crippen LogP contribution is 2.33. The molecule has 1 aromatic heterocycles. The molecule has 1 amide bonds. The molecular weight excluding hydrogens is 375 g/mol. The first-order valence-electron chi connectivity index (χ1n) is 9.22. The molecule has 0 saturated carbocycles. The number of hydrogen-bond acceptors (Lipinski definition) is 4. The number of piperidine rings is 1. The van der Waals surface area contributed by atoms with Crippen molar-refractivity contribution in [1.82, 2.24) is 4.90 Å². The van der Waals surface area contributed by atoms with Crippen LogP contribution < -0.4 is 0 Å². The zero-order valence-electron chi connectivity index (χ0n) is 15.1. The van der Waals surface area contributed by atoms with Gasteiger partial charge < -0.3 is 18.8 Å².